The molecule has 0 atom stereocenters. The van der Waals surface area contributed by atoms with Gasteiger partial charge in [-0.2, -0.15) is 5.10 Å². The van der Waals surface area contributed by atoms with Gasteiger partial charge in [-0.15, -0.1) is 0 Å². The zero-order valence-corrected chi connectivity index (χ0v) is 15.2. The number of hydrogen-bond acceptors (Lipinski definition) is 3. The number of anilines is 1. The van der Waals surface area contributed by atoms with Crippen molar-refractivity contribution < 1.29 is 9.21 Å². The standard InChI is InChI=1S/C22H19N3O2/c1-16-8-6-11-18(14-16)24(2)22(26)20-15-19(21-12-7-13-27-21)23-25(20)17-9-4-3-5-10-17/h3-15H,1-2H3. The molecule has 0 fully saturated rings. The summed E-state index contributed by atoms with van der Waals surface area (Å²) in [5.74, 6) is 0.478. The Bertz CT molecular complexity index is 1070. The lowest BCUT2D eigenvalue weighted by Crippen LogP contribution is -2.28. The van der Waals surface area contributed by atoms with Gasteiger partial charge in [-0.05, 0) is 48.9 Å². The Labute approximate surface area is 157 Å². The Kier molecular flexibility index (Phi) is 4.34. The van der Waals surface area contributed by atoms with E-state index in [4.69, 9.17) is 4.42 Å². The first kappa shape index (κ1) is 16.8. The van der Waals surface area contributed by atoms with Crippen molar-refractivity contribution in [2.75, 3.05) is 11.9 Å². The predicted molar refractivity (Wildman–Crippen MR) is 105 cm³/mol. The maximum atomic E-state index is 13.3. The van der Waals surface area contributed by atoms with Crippen LogP contribution >= 0.6 is 0 Å². The number of carbonyl (C=O) groups excluding carboxylic acids is 1. The van der Waals surface area contributed by atoms with Gasteiger partial charge < -0.3 is 9.32 Å². The second-order valence-corrected chi connectivity index (χ2v) is 6.34. The van der Waals surface area contributed by atoms with Crippen LogP contribution in [0.4, 0.5) is 5.69 Å². The van der Waals surface area contributed by atoms with Crippen LogP contribution in [0.25, 0.3) is 17.1 Å². The fourth-order valence-corrected chi connectivity index (χ4v) is 2.97. The van der Waals surface area contributed by atoms with Gasteiger partial charge in [0.05, 0.1) is 12.0 Å². The third kappa shape index (κ3) is 3.27. The number of amides is 1. The second kappa shape index (κ2) is 6.96. The van der Waals surface area contributed by atoms with Gasteiger partial charge in [0.25, 0.3) is 5.91 Å². The molecule has 0 aliphatic carbocycles. The number of furan rings is 1. The number of benzene rings is 2. The van der Waals surface area contributed by atoms with Gasteiger partial charge in [0.15, 0.2) is 5.76 Å². The summed E-state index contributed by atoms with van der Waals surface area (Å²) < 4.78 is 7.12. The molecule has 2 aromatic carbocycles. The Balaban J connectivity index is 1.80. The molecule has 0 N–H and O–H groups in total. The first-order chi connectivity index (χ1) is 13.1. The number of rotatable bonds is 4. The van der Waals surface area contributed by atoms with Gasteiger partial charge in [0, 0.05) is 18.8 Å². The number of nitrogens with zero attached hydrogens (tertiary/aromatic N) is 3. The molecule has 27 heavy (non-hydrogen) atoms. The van der Waals surface area contributed by atoms with Crippen LogP contribution < -0.4 is 4.90 Å². The molecule has 0 saturated carbocycles. The lowest BCUT2D eigenvalue weighted by Gasteiger charge is -2.18. The van der Waals surface area contributed by atoms with E-state index in [1.165, 1.54) is 0 Å². The minimum atomic E-state index is -0.144. The zero-order valence-electron chi connectivity index (χ0n) is 15.2. The van der Waals surface area contributed by atoms with Gasteiger partial charge in [-0.25, -0.2) is 4.68 Å². The summed E-state index contributed by atoms with van der Waals surface area (Å²) in [4.78, 5) is 14.9. The molecular weight excluding hydrogens is 338 g/mol. The SMILES string of the molecule is Cc1cccc(N(C)C(=O)c2cc(-c3ccco3)nn2-c2ccccc2)c1. The molecule has 5 nitrogen and oxygen atoms in total. The van der Waals surface area contributed by atoms with E-state index >= 15 is 0 Å². The highest BCUT2D eigenvalue weighted by Gasteiger charge is 2.22. The molecular formula is C22H19N3O2. The third-order valence-electron chi connectivity index (χ3n) is 4.40. The van der Waals surface area contributed by atoms with Crippen molar-refractivity contribution in [3.8, 4) is 17.1 Å². The van der Waals surface area contributed by atoms with Crippen LogP contribution in [-0.4, -0.2) is 22.7 Å². The van der Waals surface area contributed by atoms with E-state index in [1.54, 1.807) is 35.0 Å². The lowest BCUT2D eigenvalue weighted by atomic mass is 10.2. The first-order valence-corrected chi connectivity index (χ1v) is 8.67. The molecule has 0 spiro atoms. The fraction of sp³-hybridized carbons (Fsp3) is 0.0909. The normalized spacial score (nSPS) is 10.7. The fourth-order valence-electron chi connectivity index (χ4n) is 2.97. The summed E-state index contributed by atoms with van der Waals surface area (Å²) >= 11 is 0. The van der Waals surface area contributed by atoms with Crippen LogP contribution in [0.5, 0.6) is 0 Å². The van der Waals surface area contributed by atoms with E-state index in [2.05, 4.69) is 5.10 Å². The average Bonchev–Trinajstić information content (AvgIpc) is 3.37. The summed E-state index contributed by atoms with van der Waals surface area (Å²) in [5, 5.41) is 4.61. The van der Waals surface area contributed by atoms with Gasteiger partial charge in [0.1, 0.15) is 11.4 Å². The van der Waals surface area contributed by atoms with Crippen molar-refractivity contribution in [3.05, 3.63) is 90.3 Å². The molecule has 5 heteroatoms. The zero-order chi connectivity index (χ0) is 18.8. The summed E-state index contributed by atoms with van der Waals surface area (Å²) in [5.41, 5.74) is 3.83. The van der Waals surface area contributed by atoms with Crippen LogP contribution in [0.15, 0.2) is 83.5 Å². The summed E-state index contributed by atoms with van der Waals surface area (Å²) in [7, 11) is 1.77. The third-order valence-corrected chi connectivity index (χ3v) is 4.40. The average molecular weight is 357 g/mol. The van der Waals surface area contributed by atoms with E-state index in [9.17, 15) is 4.79 Å². The van der Waals surface area contributed by atoms with Crippen LogP contribution in [-0.2, 0) is 0 Å². The minimum absolute atomic E-state index is 0.144. The van der Waals surface area contributed by atoms with Crippen molar-refractivity contribution in [1.29, 1.82) is 0 Å². The molecule has 2 aromatic heterocycles. The maximum absolute atomic E-state index is 13.3. The number of aryl methyl sites for hydroxylation is 1. The van der Waals surface area contributed by atoms with Crippen LogP contribution in [0.2, 0.25) is 0 Å². The van der Waals surface area contributed by atoms with E-state index in [1.807, 2.05) is 67.6 Å². The highest BCUT2D eigenvalue weighted by atomic mass is 16.3. The molecule has 0 radical (unpaired) electrons. The van der Waals surface area contributed by atoms with Crippen molar-refractivity contribution in [1.82, 2.24) is 9.78 Å². The molecule has 0 aliphatic rings. The maximum Gasteiger partial charge on any atom is 0.276 e. The van der Waals surface area contributed by atoms with E-state index in [-0.39, 0.29) is 5.91 Å². The van der Waals surface area contributed by atoms with E-state index < -0.39 is 0 Å². The van der Waals surface area contributed by atoms with Crippen molar-refractivity contribution in [2.45, 2.75) is 6.92 Å². The molecule has 0 saturated heterocycles. The van der Waals surface area contributed by atoms with E-state index in [0.29, 0.717) is 17.1 Å². The molecule has 0 unspecified atom stereocenters. The van der Waals surface area contributed by atoms with Crippen LogP contribution in [0.3, 0.4) is 0 Å². The molecule has 4 aromatic rings. The first-order valence-electron chi connectivity index (χ1n) is 8.67. The Hall–Kier alpha value is -3.60. The number of hydrogen-bond donors (Lipinski definition) is 0. The molecule has 0 aliphatic heterocycles. The molecule has 4 rings (SSSR count). The Morgan fingerprint density at radius 3 is 2.52 bits per heavy atom. The van der Waals surface area contributed by atoms with Crippen molar-refractivity contribution in [3.63, 3.8) is 0 Å². The second-order valence-electron chi connectivity index (χ2n) is 6.34. The summed E-state index contributed by atoms with van der Waals surface area (Å²) in [6.45, 7) is 2.01. The molecule has 134 valence electrons. The smallest absolute Gasteiger partial charge is 0.276 e. The topological polar surface area (TPSA) is 51.3 Å². The van der Waals surface area contributed by atoms with Crippen molar-refractivity contribution in [2.24, 2.45) is 0 Å². The lowest BCUT2D eigenvalue weighted by molar-refractivity contribution is 0.0985. The summed E-state index contributed by atoms with van der Waals surface area (Å²) in [6.07, 6.45) is 1.59. The quantitative estimate of drug-likeness (QED) is 0.531. The van der Waals surface area contributed by atoms with E-state index in [0.717, 1.165) is 16.9 Å². The van der Waals surface area contributed by atoms with Crippen molar-refractivity contribution >= 4 is 11.6 Å². The van der Waals surface area contributed by atoms with Gasteiger partial charge >= 0.3 is 0 Å². The minimum Gasteiger partial charge on any atom is -0.463 e. The highest BCUT2D eigenvalue weighted by Crippen LogP contribution is 2.24. The number of carbonyl (C=O) groups is 1. The molecule has 2 heterocycles. The highest BCUT2D eigenvalue weighted by molar-refractivity contribution is 6.05. The summed E-state index contributed by atoms with van der Waals surface area (Å²) in [6, 6.07) is 22.8. The van der Waals surface area contributed by atoms with Crippen LogP contribution in [0.1, 0.15) is 16.1 Å². The number of aromatic nitrogens is 2. The van der Waals surface area contributed by atoms with Gasteiger partial charge in [-0.1, -0.05) is 30.3 Å². The molecule has 0 bridgehead atoms. The van der Waals surface area contributed by atoms with Gasteiger partial charge in [-0.3, -0.25) is 4.79 Å². The number of para-hydroxylation sites is 1. The molecule has 1 amide bonds. The monoisotopic (exact) mass is 357 g/mol. The Morgan fingerprint density at radius 2 is 1.81 bits per heavy atom. The predicted octanol–water partition coefficient (Wildman–Crippen LogP) is 4.72. The van der Waals surface area contributed by atoms with Gasteiger partial charge in [0.2, 0.25) is 0 Å². The largest absolute Gasteiger partial charge is 0.463 e. The van der Waals surface area contributed by atoms with Crippen LogP contribution in [0, 0.1) is 6.92 Å². The Morgan fingerprint density at radius 1 is 1.00 bits per heavy atom.